The van der Waals surface area contributed by atoms with Crippen molar-refractivity contribution in [2.75, 3.05) is 11.5 Å². The average Bonchev–Trinajstić information content (AvgIpc) is 3.66. The Balaban J connectivity index is 1.13. The lowest BCUT2D eigenvalue weighted by Gasteiger charge is -2.02. The second kappa shape index (κ2) is 12.6. The highest BCUT2D eigenvalue weighted by Crippen LogP contribution is 2.33. The lowest BCUT2D eigenvalue weighted by molar-refractivity contribution is 1.06. The Morgan fingerprint density at radius 3 is 1.12 bits per heavy atom. The van der Waals surface area contributed by atoms with Gasteiger partial charge in [0.2, 0.25) is 0 Å². The summed E-state index contributed by atoms with van der Waals surface area (Å²) in [5.41, 5.74) is 8.39. The summed E-state index contributed by atoms with van der Waals surface area (Å²) in [6.45, 7) is 0. The fraction of sp³-hybridized carbons (Fsp3) is 0.0588. The standard InChI is InChI=1S/C34H26N4S2/c1-5-15-25(16-6-1)29-30(26-17-7-2-8-18-26)36-33(35-29)39-23-13-14-24-40-34-37-31(27-19-9-3-10-20-27)32(38-34)28-21-11-4-12-22-28/h1-12,15-22H,23-24H2,(H,35,36)(H,37,38). The van der Waals surface area contributed by atoms with E-state index in [0.29, 0.717) is 11.5 Å². The highest BCUT2D eigenvalue weighted by molar-refractivity contribution is 7.99. The third kappa shape index (κ3) is 6.07. The van der Waals surface area contributed by atoms with Crippen molar-refractivity contribution in [1.29, 1.82) is 0 Å². The molecule has 0 radical (unpaired) electrons. The second-order valence-corrected chi connectivity index (χ2v) is 10.9. The molecule has 0 saturated carbocycles. The van der Waals surface area contributed by atoms with Crippen LogP contribution in [-0.2, 0) is 0 Å². The van der Waals surface area contributed by atoms with Gasteiger partial charge in [-0.2, -0.15) is 0 Å². The van der Waals surface area contributed by atoms with E-state index >= 15 is 0 Å². The van der Waals surface area contributed by atoms with Crippen molar-refractivity contribution in [3.8, 4) is 56.9 Å². The van der Waals surface area contributed by atoms with Crippen molar-refractivity contribution in [3.63, 3.8) is 0 Å². The number of nitrogens with zero attached hydrogens (tertiary/aromatic N) is 2. The molecule has 2 aromatic heterocycles. The molecule has 6 heteroatoms. The zero-order valence-electron chi connectivity index (χ0n) is 21.7. The topological polar surface area (TPSA) is 57.4 Å². The van der Waals surface area contributed by atoms with Crippen LogP contribution < -0.4 is 0 Å². The molecule has 40 heavy (non-hydrogen) atoms. The number of hydrogen-bond acceptors (Lipinski definition) is 4. The van der Waals surface area contributed by atoms with Crippen LogP contribution >= 0.6 is 23.5 Å². The molecule has 4 nitrogen and oxygen atoms in total. The van der Waals surface area contributed by atoms with Crippen LogP contribution in [0.25, 0.3) is 45.0 Å². The molecule has 0 atom stereocenters. The predicted molar refractivity (Wildman–Crippen MR) is 168 cm³/mol. The average molecular weight is 555 g/mol. The van der Waals surface area contributed by atoms with Gasteiger partial charge in [-0.3, -0.25) is 0 Å². The van der Waals surface area contributed by atoms with E-state index in [2.05, 4.69) is 70.3 Å². The van der Waals surface area contributed by atoms with Crippen LogP contribution in [0.2, 0.25) is 0 Å². The Kier molecular flexibility index (Phi) is 8.14. The SMILES string of the molecule is C(#CCSc1nc(-c2ccccc2)c(-c2ccccc2)[nH]1)CSc1nc(-c2ccccc2)c(-c2ccccc2)[nH]1. The number of H-pyrrole nitrogens is 2. The molecule has 0 fully saturated rings. The molecule has 0 spiro atoms. The summed E-state index contributed by atoms with van der Waals surface area (Å²) in [6.07, 6.45) is 0. The molecular formula is C34H26N4S2. The second-order valence-electron chi connectivity index (χ2n) is 8.93. The molecule has 0 unspecified atom stereocenters. The minimum absolute atomic E-state index is 0.652. The van der Waals surface area contributed by atoms with Crippen molar-refractivity contribution in [1.82, 2.24) is 19.9 Å². The van der Waals surface area contributed by atoms with Gasteiger partial charge < -0.3 is 9.97 Å². The van der Waals surface area contributed by atoms with E-state index in [1.807, 2.05) is 72.8 Å². The quantitative estimate of drug-likeness (QED) is 0.146. The van der Waals surface area contributed by atoms with Crippen LogP contribution in [0.1, 0.15) is 0 Å². The van der Waals surface area contributed by atoms with Crippen LogP contribution in [0.3, 0.4) is 0 Å². The molecule has 0 aliphatic heterocycles. The molecule has 4 aromatic carbocycles. The maximum atomic E-state index is 4.91. The summed E-state index contributed by atoms with van der Waals surface area (Å²) >= 11 is 3.24. The highest BCUT2D eigenvalue weighted by atomic mass is 32.2. The number of nitrogens with one attached hydrogen (secondary N) is 2. The number of rotatable bonds is 8. The Labute approximate surface area is 242 Å². The number of aromatic nitrogens is 4. The van der Waals surface area contributed by atoms with Crippen LogP contribution in [0.4, 0.5) is 0 Å². The van der Waals surface area contributed by atoms with Gasteiger partial charge in [0.25, 0.3) is 0 Å². The summed E-state index contributed by atoms with van der Waals surface area (Å²) in [6, 6.07) is 41.2. The zero-order valence-corrected chi connectivity index (χ0v) is 23.3. The minimum atomic E-state index is 0.652. The van der Waals surface area contributed by atoms with E-state index < -0.39 is 0 Å². The zero-order chi connectivity index (χ0) is 27.0. The summed E-state index contributed by atoms with van der Waals surface area (Å²) in [4.78, 5) is 16.9. The van der Waals surface area contributed by atoms with E-state index in [0.717, 1.165) is 55.3 Å². The largest absolute Gasteiger partial charge is 0.332 e. The molecule has 6 rings (SSSR count). The molecule has 194 valence electrons. The summed E-state index contributed by atoms with van der Waals surface area (Å²) < 4.78 is 0. The van der Waals surface area contributed by atoms with E-state index in [9.17, 15) is 0 Å². The van der Waals surface area contributed by atoms with Gasteiger partial charge >= 0.3 is 0 Å². The van der Waals surface area contributed by atoms with Gasteiger partial charge in [0, 0.05) is 22.3 Å². The van der Waals surface area contributed by atoms with Gasteiger partial charge in [-0.05, 0) is 0 Å². The molecule has 2 N–H and O–H groups in total. The monoisotopic (exact) mass is 554 g/mol. The first-order valence-electron chi connectivity index (χ1n) is 13.0. The first-order valence-corrected chi connectivity index (χ1v) is 15.0. The highest BCUT2D eigenvalue weighted by Gasteiger charge is 2.15. The van der Waals surface area contributed by atoms with E-state index in [4.69, 9.17) is 9.97 Å². The summed E-state index contributed by atoms with van der Waals surface area (Å²) in [7, 11) is 0. The lowest BCUT2D eigenvalue weighted by Crippen LogP contribution is -1.82. The molecule has 0 saturated heterocycles. The van der Waals surface area contributed by atoms with E-state index in [1.54, 1.807) is 23.5 Å². The first-order chi connectivity index (χ1) is 19.8. The van der Waals surface area contributed by atoms with Crippen LogP contribution in [0.5, 0.6) is 0 Å². The first kappa shape index (κ1) is 25.8. The smallest absolute Gasteiger partial charge is 0.167 e. The number of benzene rings is 4. The van der Waals surface area contributed by atoms with Crippen molar-refractivity contribution >= 4 is 23.5 Å². The molecule has 0 amide bonds. The normalized spacial score (nSPS) is 10.7. The Hall–Kier alpha value is -4.44. The number of hydrogen-bond donors (Lipinski definition) is 2. The van der Waals surface area contributed by atoms with Crippen molar-refractivity contribution in [3.05, 3.63) is 121 Å². The van der Waals surface area contributed by atoms with Crippen molar-refractivity contribution < 1.29 is 0 Å². The fourth-order valence-electron chi connectivity index (χ4n) is 4.39. The Morgan fingerprint density at radius 2 is 0.775 bits per heavy atom. The third-order valence-corrected chi connectivity index (χ3v) is 7.78. The Morgan fingerprint density at radius 1 is 0.450 bits per heavy atom. The van der Waals surface area contributed by atoms with Gasteiger partial charge in [-0.15, -0.1) is 0 Å². The van der Waals surface area contributed by atoms with E-state index in [-0.39, 0.29) is 0 Å². The molecule has 0 aliphatic carbocycles. The van der Waals surface area contributed by atoms with Gasteiger partial charge in [0.05, 0.1) is 34.3 Å². The van der Waals surface area contributed by atoms with Gasteiger partial charge in [-0.25, -0.2) is 9.97 Å². The summed E-state index contributed by atoms with van der Waals surface area (Å²) in [5, 5.41) is 1.73. The van der Waals surface area contributed by atoms with Crippen molar-refractivity contribution in [2.24, 2.45) is 0 Å². The van der Waals surface area contributed by atoms with Crippen molar-refractivity contribution in [2.45, 2.75) is 10.3 Å². The third-order valence-electron chi connectivity index (χ3n) is 6.27. The Bertz CT molecular complexity index is 1490. The summed E-state index contributed by atoms with van der Waals surface area (Å²) in [5.74, 6) is 7.88. The maximum absolute atomic E-state index is 4.91. The number of imidazole rings is 2. The van der Waals surface area contributed by atoms with Gasteiger partial charge in [0.15, 0.2) is 10.3 Å². The minimum Gasteiger partial charge on any atom is -0.332 e. The molecule has 0 bridgehead atoms. The van der Waals surface area contributed by atoms with Crippen LogP contribution in [0, 0.1) is 11.8 Å². The lowest BCUT2D eigenvalue weighted by atomic mass is 10.1. The van der Waals surface area contributed by atoms with E-state index in [1.165, 1.54) is 0 Å². The molecule has 6 aromatic rings. The molecule has 2 heterocycles. The fourth-order valence-corrected chi connectivity index (χ4v) is 5.67. The van der Waals surface area contributed by atoms with Crippen LogP contribution in [0.15, 0.2) is 132 Å². The number of aromatic amines is 2. The maximum Gasteiger partial charge on any atom is 0.167 e. The number of thioether (sulfide) groups is 2. The van der Waals surface area contributed by atoms with Gasteiger partial charge in [-0.1, -0.05) is 157 Å². The van der Waals surface area contributed by atoms with Gasteiger partial charge in [0.1, 0.15) is 0 Å². The molecule has 0 aliphatic rings. The van der Waals surface area contributed by atoms with Crippen LogP contribution in [-0.4, -0.2) is 31.4 Å². The molecular weight excluding hydrogens is 529 g/mol. The predicted octanol–water partition coefficient (Wildman–Crippen LogP) is 8.69.